The van der Waals surface area contributed by atoms with Gasteiger partial charge in [-0.1, -0.05) is 49.9 Å². The Morgan fingerprint density at radius 2 is 1.63 bits per heavy atom. The summed E-state index contributed by atoms with van der Waals surface area (Å²) in [6.45, 7) is 1.52. The maximum absolute atomic E-state index is 6.00. The third-order valence-electron chi connectivity index (χ3n) is 6.17. The molecule has 0 atom stereocenters. The van der Waals surface area contributed by atoms with Gasteiger partial charge in [0.05, 0.1) is 19.4 Å². The number of thiocarbonyl (C=S) groups is 2. The van der Waals surface area contributed by atoms with Crippen molar-refractivity contribution in [2.45, 2.75) is 38.5 Å². The lowest BCUT2D eigenvalue weighted by Gasteiger charge is -2.13. The molecule has 9 heteroatoms. The number of para-hydroxylation sites is 1. The van der Waals surface area contributed by atoms with Gasteiger partial charge in [0, 0.05) is 35.1 Å². The molecule has 5 N–H and O–H groups in total. The zero-order valence-electron chi connectivity index (χ0n) is 21.5. The Balaban J connectivity index is 1.10. The Labute approximate surface area is 234 Å². The third kappa shape index (κ3) is 7.72. The molecular weight excluding hydrogens is 516 g/mol. The number of hydrogen-bond donors (Lipinski definition) is 4. The smallest absolute Gasteiger partial charge is 0.170 e. The first-order chi connectivity index (χ1) is 18.5. The fourth-order valence-electron chi connectivity index (χ4n) is 4.32. The first-order valence-electron chi connectivity index (χ1n) is 12.9. The minimum atomic E-state index is 0.247. The van der Waals surface area contributed by atoms with Crippen LogP contribution in [-0.2, 0) is 0 Å². The van der Waals surface area contributed by atoms with Crippen molar-refractivity contribution in [3.05, 3.63) is 60.7 Å². The normalized spacial score (nSPS) is 10.9. The first-order valence-corrected chi connectivity index (χ1v) is 13.7. The van der Waals surface area contributed by atoms with Crippen molar-refractivity contribution in [3.63, 3.8) is 0 Å². The van der Waals surface area contributed by atoms with E-state index in [1.54, 1.807) is 7.11 Å². The van der Waals surface area contributed by atoms with Crippen molar-refractivity contribution in [1.29, 1.82) is 0 Å². The van der Waals surface area contributed by atoms with E-state index in [0.29, 0.717) is 11.7 Å². The van der Waals surface area contributed by atoms with Crippen molar-refractivity contribution in [3.8, 4) is 11.5 Å². The van der Waals surface area contributed by atoms with E-state index in [2.05, 4.69) is 16.0 Å². The van der Waals surface area contributed by atoms with Gasteiger partial charge in [0.25, 0.3) is 0 Å². The van der Waals surface area contributed by atoms with Gasteiger partial charge in [-0.05, 0) is 61.5 Å². The highest BCUT2D eigenvalue weighted by Crippen LogP contribution is 2.36. The Bertz CT molecular complexity index is 1390. The van der Waals surface area contributed by atoms with Gasteiger partial charge in [-0.15, -0.1) is 0 Å². The van der Waals surface area contributed by atoms with Gasteiger partial charge in [-0.2, -0.15) is 0 Å². The molecule has 38 heavy (non-hydrogen) atoms. The summed E-state index contributed by atoms with van der Waals surface area (Å²) in [7, 11) is 1.66. The number of furan rings is 1. The number of benzene rings is 3. The number of fused-ring (bicyclic) bond motifs is 3. The van der Waals surface area contributed by atoms with Gasteiger partial charge in [-0.25, -0.2) is 0 Å². The number of hydrogen-bond acceptors (Lipinski definition) is 5. The van der Waals surface area contributed by atoms with Gasteiger partial charge in [-0.3, -0.25) is 0 Å². The molecule has 0 aliphatic heterocycles. The molecule has 1 aromatic heterocycles. The molecule has 0 saturated carbocycles. The number of anilines is 2. The minimum absolute atomic E-state index is 0.247. The summed E-state index contributed by atoms with van der Waals surface area (Å²) < 4.78 is 17.4. The average molecular weight is 551 g/mol. The highest BCUT2D eigenvalue weighted by atomic mass is 32.1. The largest absolute Gasteiger partial charge is 0.495 e. The second-order valence-electron chi connectivity index (χ2n) is 9.01. The Morgan fingerprint density at radius 3 is 2.45 bits per heavy atom. The van der Waals surface area contributed by atoms with E-state index >= 15 is 0 Å². The molecule has 0 bridgehead atoms. The van der Waals surface area contributed by atoms with Crippen molar-refractivity contribution in [2.75, 3.05) is 30.9 Å². The third-order valence-corrected chi connectivity index (χ3v) is 6.52. The summed E-state index contributed by atoms with van der Waals surface area (Å²) in [5.74, 6) is 1.54. The van der Waals surface area contributed by atoms with Crippen LogP contribution in [0.1, 0.15) is 38.5 Å². The fraction of sp³-hybridized carbons (Fsp3) is 0.310. The number of nitrogens with one attached hydrogen (secondary N) is 3. The van der Waals surface area contributed by atoms with Gasteiger partial charge in [0.15, 0.2) is 10.2 Å². The second kappa shape index (κ2) is 13.8. The molecule has 0 saturated heterocycles. The number of methoxy groups -OCH3 is 1. The van der Waals surface area contributed by atoms with E-state index < -0.39 is 0 Å². The maximum Gasteiger partial charge on any atom is 0.170 e. The molecule has 0 fully saturated rings. The topological polar surface area (TPSA) is 93.7 Å². The molecule has 200 valence electrons. The van der Waals surface area contributed by atoms with Crippen LogP contribution < -0.4 is 31.2 Å². The Hall–Kier alpha value is -3.56. The van der Waals surface area contributed by atoms with Crippen LogP contribution in [0, 0.1) is 0 Å². The first kappa shape index (κ1) is 27.5. The molecule has 0 radical (unpaired) electrons. The van der Waals surface area contributed by atoms with Crippen molar-refractivity contribution < 1.29 is 13.9 Å². The van der Waals surface area contributed by atoms with E-state index in [1.807, 2.05) is 60.7 Å². The minimum Gasteiger partial charge on any atom is -0.495 e. The molecule has 1 heterocycles. The molecule has 0 amide bonds. The summed E-state index contributed by atoms with van der Waals surface area (Å²) in [5.41, 5.74) is 8.78. The predicted octanol–water partition coefficient (Wildman–Crippen LogP) is 6.96. The van der Waals surface area contributed by atoms with Crippen LogP contribution in [0.4, 0.5) is 11.4 Å². The number of unbranched alkanes of at least 4 members (excludes halogenated alkanes) is 5. The van der Waals surface area contributed by atoms with Crippen molar-refractivity contribution >= 4 is 68.0 Å². The molecule has 0 aliphatic carbocycles. The summed E-state index contributed by atoms with van der Waals surface area (Å²) in [6, 6.07) is 19.6. The predicted molar refractivity (Wildman–Crippen MR) is 165 cm³/mol. The molecular formula is C29H34N4O3S2. The van der Waals surface area contributed by atoms with Crippen LogP contribution in [0.5, 0.6) is 11.5 Å². The fourth-order valence-corrected chi connectivity index (χ4v) is 4.65. The summed E-state index contributed by atoms with van der Waals surface area (Å²) in [6.07, 6.45) is 6.74. The maximum atomic E-state index is 6.00. The zero-order chi connectivity index (χ0) is 26.7. The molecule has 4 aromatic rings. The van der Waals surface area contributed by atoms with Crippen molar-refractivity contribution in [1.82, 2.24) is 5.32 Å². The average Bonchev–Trinajstić information content (AvgIpc) is 3.26. The molecule has 3 aromatic carbocycles. The van der Waals surface area contributed by atoms with Crippen LogP contribution in [-0.4, -0.2) is 30.5 Å². The van der Waals surface area contributed by atoms with Gasteiger partial charge >= 0.3 is 0 Å². The van der Waals surface area contributed by atoms with E-state index in [0.717, 1.165) is 77.0 Å². The summed E-state index contributed by atoms with van der Waals surface area (Å²) >= 11 is 10.4. The SMILES string of the molecule is COc1cc2c(cc1NC(=S)NCCCCCCCCOc1cccc(NC(N)=S)c1)oc1ccccc12. The van der Waals surface area contributed by atoms with E-state index in [4.69, 9.17) is 44.1 Å². The van der Waals surface area contributed by atoms with Crippen LogP contribution in [0.25, 0.3) is 21.9 Å². The number of ether oxygens (including phenoxy) is 2. The molecule has 4 rings (SSSR count). The highest BCUT2D eigenvalue weighted by Gasteiger charge is 2.13. The standard InChI is InChI=1S/C29H34N4O3S2/c1-34-27-18-23-22-13-6-7-14-25(22)36-26(23)19-24(27)33-29(38)31-15-8-4-2-3-5-9-16-35-21-12-10-11-20(17-21)32-28(30)37/h6-7,10-14,17-19H,2-5,8-9,15-16H2,1H3,(H3,30,32,37)(H2,31,33,38). The lowest BCUT2D eigenvalue weighted by molar-refractivity contribution is 0.304. The zero-order valence-corrected chi connectivity index (χ0v) is 23.2. The quantitative estimate of drug-likeness (QED) is 0.104. The van der Waals surface area contributed by atoms with Crippen LogP contribution >= 0.6 is 24.4 Å². The van der Waals surface area contributed by atoms with Crippen LogP contribution in [0.3, 0.4) is 0 Å². The van der Waals surface area contributed by atoms with E-state index in [9.17, 15) is 0 Å². The Morgan fingerprint density at radius 1 is 0.842 bits per heavy atom. The van der Waals surface area contributed by atoms with Gasteiger partial charge in [0.2, 0.25) is 0 Å². The lowest BCUT2D eigenvalue weighted by atomic mass is 10.1. The van der Waals surface area contributed by atoms with Gasteiger partial charge in [0.1, 0.15) is 22.7 Å². The second-order valence-corrected chi connectivity index (χ2v) is 9.86. The van der Waals surface area contributed by atoms with Crippen LogP contribution in [0.2, 0.25) is 0 Å². The van der Waals surface area contributed by atoms with E-state index in [1.165, 1.54) is 12.8 Å². The molecule has 0 spiro atoms. The summed E-state index contributed by atoms with van der Waals surface area (Å²) in [4.78, 5) is 0. The van der Waals surface area contributed by atoms with Crippen LogP contribution in [0.15, 0.2) is 65.1 Å². The number of nitrogens with two attached hydrogens (primary N) is 1. The molecule has 0 unspecified atom stereocenters. The van der Waals surface area contributed by atoms with Crippen molar-refractivity contribution in [2.24, 2.45) is 5.73 Å². The summed E-state index contributed by atoms with van der Waals surface area (Å²) in [5, 5.41) is 12.4. The van der Waals surface area contributed by atoms with Gasteiger partial charge < -0.3 is 35.6 Å². The molecule has 7 nitrogen and oxygen atoms in total. The number of rotatable bonds is 13. The molecule has 0 aliphatic rings. The Kier molecular flexibility index (Phi) is 10.0. The highest BCUT2D eigenvalue weighted by molar-refractivity contribution is 7.80. The lowest BCUT2D eigenvalue weighted by Crippen LogP contribution is -2.29. The monoisotopic (exact) mass is 550 g/mol. The van der Waals surface area contributed by atoms with E-state index in [-0.39, 0.29) is 5.11 Å².